The van der Waals surface area contributed by atoms with Gasteiger partial charge in [0.15, 0.2) is 5.78 Å². The van der Waals surface area contributed by atoms with Crippen LogP contribution in [0.15, 0.2) is 78.9 Å². The van der Waals surface area contributed by atoms with Gasteiger partial charge in [-0.05, 0) is 54.2 Å². The van der Waals surface area contributed by atoms with Gasteiger partial charge >= 0.3 is 0 Å². The highest BCUT2D eigenvalue weighted by Crippen LogP contribution is 2.74. The minimum absolute atomic E-state index is 0.0815. The van der Waals surface area contributed by atoms with Crippen molar-refractivity contribution < 1.29 is 19.3 Å². The van der Waals surface area contributed by atoms with E-state index in [-0.39, 0.29) is 11.5 Å². The first-order valence-corrected chi connectivity index (χ1v) is 12.7. The van der Waals surface area contributed by atoms with Crippen LogP contribution in [0, 0.1) is 39.7 Å². The Kier molecular flexibility index (Phi) is 5.08. The number of ketones is 1. The summed E-state index contributed by atoms with van der Waals surface area (Å²) in [5.74, 6) is -2.64. The van der Waals surface area contributed by atoms with Gasteiger partial charge in [-0.2, -0.15) is 0 Å². The van der Waals surface area contributed by atoms with Crippen LogP contribution in [-0.2, 0) is 14.4 Å². The van der Waals surface area contributed by atoms with Crippen molar-refractivity contribution in [3.8, 4) is 0 Å². The number of non-ortho nitro benzene ring substituents is 1. The zero-order chi connectivity index (χ0) is 27.0. The molecule has 2 bridgehead atoms. The quantitative estimate of drug-likeness (QED) is 0.254. The Balaban J connectivity index is 1.61. The predicted octanol–water partition coefficient (Wildman–Crippen LogP) is 5.62. The van der Waals surface area contributed by atoms with Crippen LogP contribution in [0.25, 0.3) is 11.1 Å². The van der Waals surface area contributed by atoms with Gasteiger partial charge in [-0.15, -0.1) is 0 Å². The lowest BCUT2D eigenvalue weighted by Crippen LogP contribution is -2.41. The number of nitrogens with zero attached hydrogens (tertiary/aromatic N) is 2. The lowest BCUT2D eigenvalue weighted by Gasteiger charge is -2.37. The molecule has 1 saturated carbocycles. The van der Waals surface area contributed by atoms with Crippen LogP contribution in [0.5, 0.6) is 0 Å². The number of hydrogen-bond acceptors (Lipinski definition) is 5. The fraction of sp³-hybridized carbons (Fsp3) is 0.258. The average Bonchev–Trinajstić information content (AvgIpc) is 3.39. The highest BCUT2D eigenvalue weighted by Gasteiger charge is 2.79. The Morgan fingerprint density at radius 3 is 1.92 bits per heavy atom. The van der Waals surface area contributed by atoms with E-state index in [9.17, 15) is 24.5 Å². The molecule has 0 aromatic heterocycles. The number of carbonyl (C=O) groups excluding carboxylic acids is 3. The second-order valence-corrected chi connectivity index (χ2v) is 10.5. The number of nitro benzene ring substituents is 1. The van der Waals surface area contributed by atoms with Crippen LogP contribution in [0.1, 0.15) is 37.0 Å². The van der Waals surface area contributed by atoms with Gasteiger partial charge < -0.3 is 0 Å². The summed E-state index contributed by atoms with van der Waals surface area (Å²) >= 11 is 0. The van der Waals surface area contributed by atoms with E-state index in [1.807, 2.05) is 74.5 Å². The van der Waals surface area contributed by atoms with E-state index in [0.717, 1.165) is 22.3 Å². The summed E-state index contributed by atoms with van der Waals surface area (Å²) in [4.78, 5) is 54.9. The lowest BCUT2D eigenvalue weighted by molar-refractivity contribution is -0.384. The number of benzene rings is 3. The zero-order valence-corrected chi connectivity index (χ0v) is 21.3. The highest BCUT2D eigenvalue weighted by molar-refractivity contribution is 6.34. The topological polar surface area (TPSA) is 97.6 Å². The van der Waals surface area contributed by atoms with Crippen LogP contribution in [0.3, 0.4) is 0 Å². The molecule has 6 rings (SSSR count). The Hall–Kier alpha value is -4.39. The highest BCUT2D eigenvalue weighted by atomic mass is 16.6. The third kappa shape index (κ3) is 2.76. The lowest BCUT2D eigenvalue weighted by atomic mass is 9.62. The number of fused-ring (bicyclic) bond motifs is 5. The standard InChI is InChI=1S/C31H26N2O5/c1-4-31-24(20-13-9-6-10-14-20)23(19-11-7-5-8-12-19)30(3,29(31)36)25-26(31)28(35)32(27(25)34)22-16-15-21(33(37)38)17-18(22)2/h5-17,25-26H,4H2,1-3H3/t25-,26-,30+,31-/m1/s1. The van der Waals surface area contributed by atoms with Crippen molar-refractivity contribution in [3.63, 3.8) is 0 Å². The molecular weight excluding hydrogens is 480 g/mol. The van der Waals surface area contributed by atoms with Gasteiger partial charge in [-0.3, -0.25) is 24.5 Å². The van der Waals surface area contributed by atoms with E-state index in [1.54, 1.807) is 6.92 Å². The molecule has 0 N–H and O–H groups in total. The SMILES string of the molecule is CC[C@@]12C(=O)[C@@](C)(C(c3ccccc3)=C1c1ccccc1)[C@H]1C(=O)N(c3ccc([N+](=O)[O-])cc3C)C(=O)[C@@H]12. The molecule has 1 heterocycles. The first-order chi connectivity index (χ1) is 18.2. The summed E-state index contributed by atoms with van der Waals surface area (Å²) in [6.07, 6.45) is 0.370. The van der Waals surface area contributed by atoms with Crippen molar-refractivity contribution in [1.82, 2.24) is 0 Å². The van der Waals surface area contributed by atoms with E-state index >= 15 is 0 Å². The number of allylic oxidation sites excluding steroid dienone is 2. The largest absolute Gasteiger partial charge is 0.298 e. The van der Waals surface area contributed by atoms with Crippen molar-refractivity contribution in [3.05, 3.63) is 106 Å². The Bertz CT molecular complexity index is 1580. The zero-order valence-electron chi connectivity index (χ0n) is 21.3. The van der Waals surface area contributed by atoms with Crippen molar-refractivity contribution in [2.24, 2.45) is 22.7 Å². The van der Waals surface area contributed by atoms with Crippen LogP contribution >= 0.6 is 0 Å². The fourth-order valence-electron chi connectivity index (χ4n) is 7.37. The monoisotopic (exact) mass is 506 g/mol. The number of carbonyl (C=O) groups is 3. The summed E-state index contributed by atoms with van der Waals surface area (Å²) in [7, 11) is 0. The molecule has 3 aromatic rings. The molecule has 3 aromatic carbocycles. The van der Waals surface area contributed by atoms with Gasteiger partial charge in [0.25, 0.3) is 5.69 Å². The number of aryl methyl sites for hydroxylation is 1. The molecule has 4 atom stereocenters. The van der Waals surface area contributed by atoms with Crippen LogP contribution in [0.2, 0.25) is 0 Å². The normalized spacial score (nSPS) is 27.9. The molecule has 0 spiro atoms. The molecule has 1 aliphatic heterocycles. The minimum atomic E-state index is -1.20. The van der Waals surface area contributed by atoms with Gasteiger partial charge in [-0.25, -0.2) is 4.90 Å². The summed E-state index contributed by atoms with van der Waals surface area (Å²) < 4.78 is 0. The van der Waals surface area contributed by atoms with E-state index in [1.165, 1.54) is 23.1 Å². The average molecular weight is 507 g/mol. The first kappa shape index (κ1) is 24.0. The maximum absolute atomic E-state index is 14.5. The molecule has 0 unspecified atom stereocenters. The van der Waals surface area contributed by atoms with Crippen molar-refractivity contribution in [2.75, 3.05) is 4.90 Å². The number of nitro groups is 1. The van der Waals surface area contributed by atoms with Crippen LogP contribution in [-0.4, -0.2) is 22.5 Å². The molecule has 7 heteroatoms. The van der Waals surface area contributed by atoms with E-state index in [2.05, 4.69) is 0 Å². The van der Waals surface area contributed by atoms with Crippen molar-refractivity contribution in [2.45, 2.75) is 27.2 Å². The number of rotatable bonds is 5. The predicted molar refractivity (Wildman–Crippen MR) is 143 cm³/mol. The molecule has 2 aliphatic carbocycles. The summed E-state index contributed by atoms with van der Waals surface area (Å²) in [6.45, 7) is 5.38. The second-order valence-electron chi connectivity index (χ2n) is 10.5. The Morgan fingerprint density at radius 1 is 0.842 bits per heavy atom. The third-order valence-corrected chi connectivity index (χ3v) is 8.87. The van der Waals surface area contributed by atoms with E-state index in [4.69, 9.17) is 0 Å². The number of imide groups is 1. The molecule has 0 radical (unpaired) electrons. The van der Waals surface area contributed by atoms with E-state index < -0.39 is 39.4 Å². The van der Waals surface area contributed by atoms with Crippen LogP contribution < -0.4 is 4.90 Å². The van der Waals surface area contributed by atoms with Crippen LogP contribution in [0.4, 0.5) is 11.4 Å². The maximum atomic E-state index is 14.5. The van der Waals surface area contributed by atoms with Gasteiger partial charge in [0.05, 0.1) is 33.3 Å². The molecule has 3 aliphatic rings. The van der Waals surface area contributed by atoms with Crippen molar-refractivity contribution >= 4 is 40.1 Å². The first-order valence-electron chi connectivity index (χ1n) is 12.7. The van der Waals surface area contributed by atoms with Gasteiger partial charge in [0.2, 0.25) is 11.8 Å². The molecule has 2 amide bonds. The number of Topliss-reactive ketones (excluding diaryl/α,β-unsaturated/α-hetero) is 1. The molecule has 190 valence electrons. The maximum Gasteiger partial charge on any atom is 0.269 e. The number of hydrogen-bond donors (Lipinski definition) is 0. The molecule has 1 saturated heterocycles. The van der Waals surface area contributed by atoms with E-state index in [0.29, 0.717) is 17.7 Å². The molecular formula is C31H26N2O5. The van der Waals surface area contributed by atoms with Gasteiger partial charge in [-0.1, -0.05) is 67.6 Å². The van der Waals surface area contributed by atoms with Crippen molar-refractivity contribution in [1.29, 1.82) is 0 Å². The summed E-state index contributed by atoms with van der Waals surface area (Å²) in [5.41, 5.74) is 1.65. The number of amides is 2. The molecule has 38 heavy (non-hydrogen) atoms. The fourth-order valence-corrected chi connectivity index (χ4v) is 7.37. The minimum Gasteiger partial charge on any atom is -0.298 e. The Morgan fingerprint density at radius 2 is 1.39 bits per heavy atom. The summed E-state index contributed by atoms with van der Waals surface area (Å²) in [6, 6.07) is 23.4. The Labute approximate surface area is 219 Å². The molecule has 2 fully saturated rings. The van der Waals surface area contributed by atoms with Gasteiger partial charge in [0, 0.05) is 12.1 Å². The number of anilines is 1. The smallest absolute Gasteiger partial charge is 0.269 e. The van der Waals surface area contributed by atoms with Gasteiger partial charge in [0.1, 0.15) is 0 Å². The third-order valence-electron chi connectivity index (χ3n) is 8.87. The molecule has 7 nitrogen and oxygen atoms in total. The summed E-state index contributed by atoms with van der Waals surface area (Å²) in [5, 5.41) is 11.3. The second kappa shape index (κ2) is 8.05.